The van der Waals surface area contributed by atoms with Crippen molar-refractivity contribution >= 4 is 11.5 Å². The molecule has 0 radical (unpaired) electrons. The molecule has 1 aromatic carbocycles. The molecule has 0 amide bonds. The van der Waals surface area contributed by atoms with Gasteiger partial charge in [-0.3, -0.25) is 14.3 Å². The minimum atomic E-state index is 0.846. The number of hydrogen-bond donors (Lipinski definition) is 0. The first-order valence-corrected chi connectivity index (χ1v) is 10.2. The maximum absolute atomic E-state index is 5.27. The first-order valence-electron chi connectivity index (χ1n) is 10.2. The Morgan fingerprint density at radius 3 is 2.47 bits per heavy atom. The molecule has 0 saturated carbocycles. The number of hydrogen-bond acceptors (Lipinski definition) is 6. The van der Waals surface area contributed by atoms with Crippen LogP contribution in [0.4, 0.5) is 5.82 Å². The summed E-state index contributed by atoms with van der Waals surface area (Å²) in [6, 6.07) is 14.1. The average Bonchev–Trinajstić information content (AvgIpc) is 3.25. The smallest absolute Gasteiger partial charge is 0.180 e. The topological polar surface area (TPSA) is 58.8 Å². The van der Waals surface area contributed by atoms with Crippen LogP contribution in [-0.4, -0.2) is 57.5 Å². The van der Waals surface area contributed by atoms with E-state index in [1.54, 1.807) is 7.11 Å². The van der Waals surface area contributed by atoms with E-state index in [2.05, 4.69) is 42.4 Å². The SMILES string of the molecule is COc1ccc(-c2cnc3c(N4CCN(Cc5ccccn5)CC4)nccn23)cc1. The summed E-state index contributed by atoms with van der Waals surface area (Å²) in [7, 11) is 1.68. The van der Waals surface area contributed by atoms with Crippen molar-refractivity contribution in [2.75, 3.05) is 38.2 Å². The van der Waals surface area contributed by atoms with Gasteiger partial charge in [0, 0.05) is 56.9 Å². The summed E-state index contributed by atoms with van der Waals surface area (Å²) >= 11 is 0. The van der Waals surface area contributed by atoms with Gasteiger partial charge in [-0.05, 0) is 36.4 Å². The third kappa shape index (κ3) is 3.59. The fraction of sp³-hybridized carbons (Fsp3) is 0.261. The van der Waals surface area contributed by atoms with Crippen molar-refractivity contribution in [2.45, 2.75) is 6.54 Å². The Kier molecular flexibility index (Phi) is 5.03. The van der Waals surface area contributed by atoms with Gasteiger partial charge in [0.25, 0.3) is 0 Å². The maximum Gasteiger partial charge on any atom is 0.180 e. The molecule has 4 heterocycles. The summed E-state index contributed by atoms with van der Waals surface area (Å²) in [5.74, 6) is 1.79. The molecule has 4 aromatic rings. The normalized spacial score (nSPS) is 14.9. The summed E-state index contributed by atoms with van der Waals surface area (Å²) in [5, 5.41) is 0. The molecule has 1 fully saturated rings. The van der Waals surface area contributed by atoms with E-state index < -0.39 is 0 Å². The number of benzene rings is 1. The Bertz CT molecular complexity index is 1120. The van der Waals surface area contributed by atoms with Crippen LogP contribution < -0.4 is 9.64 Å². The van der Waals surface area contributed by atoms with Gasteiger partial charge in [-0.2, -0.15) is 0 Å². The third-order valence-corrected chi connectivity index (χ3v) is 5.58. The molecule has 7 heteroatoms. The van der Waals surface area contributed by atoms with Crippen LogP contribution in [0.2, 0.25) is 0 Å². The molecule has 1 aliphatic rings. The number of methoxy groups -OCH3 is 1. The molecule has 0 aliphatic carbocycles. The fourth-order valence-corrected chi connectivity index (χ4v) is 3.94. The average molecular weight is 400 g/mol. The zero-order valence-corrected chi connectivity index (χ0v) is 17.0. The molecule has 30 heavy (non-hydrogen) atoms. The predicted octanol–water partition coefficient (Wildman–Crippen LogP) is 3.12. The van der Waals surface area contributed by atoms with E-state index in [1.807, 2.05) is 49.1 Å². The number of nitrogens with zero attached hydrogens (tertiary/aromatic N) is 6. The molecule has 0 spiro atoms. The second-order valence-electron chi connectivity index (χ2n) is 7.40. The van der Waals surface area contributed by atoms with Gasteiger partial charge in [0.15, 0.2) is 11.5 Å². The first kappa shape index (κ1) is 18.6. The van der Waals surface area contributed by atoms with Gasteiger partial charge in [0.2, 0.25) is 0 Å². The number of fused-ring (bicyclic) bond motifs is 1. The monoisotopic (exact) mass is 400 g/mol. The second kappa shape index (κ2) is 8.12. The van der Waals surface area contributed by atoms with E-state index in [0.717, 1.165) is 66.9 Å². The van der Waals surface area contributed by atoms with E-state index >= 15 is 0 Å². The lowest BCUT2D eigenvalue weighted by atomic mass is 10.1. The quantitative estimate of drug-likeness (QED) is 0.513. The molecule has 1 aliphatic heterocycles. The molecule has 152 valence electrons. The Morgan fingerprint density at radius 1 is 0.900 bits per heavy atom. The van der Waals surface area contributed by atoms with E-state index in [0.29, 0.717) is 0 Å². The molecule has 7 nitrogen and oxygen atoms in total. The molecule has 3 aromatic heterocycles. The first-order chi connectivity index (χ1) is 14.8. The van der Waals surface area contributed by atoms with Gasteiger partial charge < -0.3 is 9.64 Å². The molecule has 5 rings (SSSR count). The van der Waals surface area contributed by atoms with Crippen LogP contribution in [0.15, 0.2) is 67.3 Å². The van der Waals surface area contributed by atoms with Crippen molar-refractivity contribution in [3.63, 3.8) is 0 Å². The number of pyridine rings is 1. The highest BCUT2D eigenvalue weighted by Crippen LogP contribution is 2.27. The lowest BCUT2D eigenvalue weighted by Gasteiger charge is -2.35. The van der Waals surface area contributed by atoms with Gasteiger partial charge in [0.05, 0.1) is 24.7 Å². The van der Waals surface area contributed by atoms with Crippen molar-refractivity contribution in [1.82, 2.24) is 24.3 Å². The highest BCUT2D eigenvalue weighted by molar-refractivity contribution is 5.71. The largest absolute Gasteiger partial charge is 0.497 e. The number of rotatable bonds is 5. The molecule has 0 unspecified atom stereocenters. The third-order valence-electron chi connectivity index (χ3n) is 5.58. The van der Waals surface area contributed by atoms with Gasteiger partial charge in [-0.1, -0.05) is 6.07 Å². The van der Waals surface area contributed by atoms with Crippen LogP contribution in [0.5, 0.6) is 5.75 Å². The van der Waals surface area contributed by atoms with E-state index in [-0.39, 0.29) is 0 Å². The van der Waals surface area contributed by atoms with E-state index in [1.165, 1.54) is 0 Å². The minimum Gasteiger partial charge on any atom is -0.497 e. The van der Waals surface area contributed by atoms with Crippen LogP contribution in [0.25, 0.3) is 16.9 Å². The van der Waals surface area contributed by atoms with Gasteiger partial charge in [-0.25, -0.2) is 9.97 Å². The van der Waals surface area contributed by atoms with Crippen LogP contribution in [-0.2, 0) is 6.54 Å². The fourth-order valence-electron chi connectivity index (χ4n) is 3.94. The lowest BCUT2D eigenvalue weighted by molar-refractivity contribution is 0.246. The number of imidazole rings is 1. The molecule has 1 saturated heterocycles. The van der Waals surface area contributed by atoms with E-state index in [4.69, 9.17) is 9.72 Å². The lowest BCUT2D eigenvalue weighted by Crippen LogP contribution is -2.46. The Hall–Kier alpha value is -3.45. The van der Waals surface area contributed by atoms with Gasteiger partial charge in [-0.15, -0.1) is 0 Å². The van der Waals surface area contributed by atoms with Crippen LogP contribution in [0.1, 0.15) is 5.69 Å². The van der Waals surface area contributed by atoms with Gasteiger partial charge >= 0.3 is 0 Å². The summed E-state index contributed by atoms with van der Waals surface area (Å²) in [6.07, 6.45) is 7.61. The van der Waals surface area contributed by atoms with Crippen LogP contribution in [0, 0.1) is 0 Å². The van der Waals surface area contributed by atoms with Crippen LogP contribution >= 0.6 is 0 Å². The van der Waals surface area contributed by atoms with Crippen molar-refractivity contribution in [1.29, 1.82) is 0 Å². The number of ether oxygens (including phenoxy) is 1. The number of anilines is 1. The molecule has 0 atom stereocenters. The Morgan fingerprint density at radius 2 is 1.73 bits per heavy atom. The summed E-state index contributed by atoms with van der Waals surface area (Å²) in [5.41, 5.74) is 4.15. The molecular formula is C23H24N6O. The zero-order valence-electron chi connectivity index (χ0n) is 17.0. The minimum absolute atomic E-state index is 0.846. The number of piperazine rings is 1. The summed E-state index contributed by atoms with van der Waals surface area (Å²) < 4.78 is 7.39. The maximum atomic E-state index is 5.27. The zero-order chi connectivity index (χ0) is 20.3. The molecule has 0 N–H and O–H groups in total. The summed E-state index contributed by atoms with van der Waals surface area (Å²) in [4.78, 5) is 18.6. The highest BCUT2D eigenvalue weighted by Gasteiger charge is 2.21. The number of aromatic nitrogens is 4. The Balaban J connectivity index is 1.35. The standard InChI is InChI=1S/C23H24N6O/c1-30-20-7-5-18(6-8-20)21-16-26-23-22(25-10-11-29(21)23)28-14-12-27(13-15-28)17-19-4-2-3-9-24-19/h2-11,16H,12-15,17H2,1H3. The molecule has 0 bridgehead atoms. The Labute approximate surface area is 175 Å². The van der Waals surface area contributed by atoms with Crippen molar-refractivity contribution in [3.8, 4) is 17.0 Å². The molecular weight excluding hydrogens is 376 g/mol. The van der Waals surface area contributed by atoms with Crippen molar-refractivity contribution in [2.24, 2.45) is 0 Å². The second-order valence-corrected chi connectivity index (χ2v) is 7.40. The highest BCUT2D eigenvalue weighted by atomic mass is 16.5. The predicted molar refractivity (Wildman–Crippen MR) is 117 cm³/mol. The van der Waals surface area contributed by atoms with Crippen LogP contribution in [0.3, 0.4) is 0 Å². The van der Waals surface area contributed by atoms with Gasteiger partial charge in [0.1, 0.15) is 5.75 Å². The summed E-state index contributed by atoms with van der Waals surface area (Å²) in [6.45, 7) is 4.68. The van der Waals surface area contributed by atoms with Crippen molar-refractivity contribution in [3.05, 3.63) is 72.9 Å². The van der Waals surface area contributed by atoms with Crippen molar-refractivity contribution < 1.29 is 4.74 Å². The van der Waals surface area contributed by atoms with E-state index in [9.17, 15) is 0 Å².